The number of carbonyl (C=O) groups is 1. The third kappa shape index (κ3) is 1.42. The van der Waals surface area contributed by atoms with E-state index in [2.05, 4.69) is 15.9 Å². The number of alkyl halides is 1. The summed E-state index contributed by atoms with van der Waals surface area (Å²) in [5.41, 5.74) is -1.27. The maximum atomic E-state index is 12.1. The van der Waals surface area contributed by atoms with Crippen molar-refractivity contribution in [1.82, 2.24) is 0 Å². The molecular formula is C10H15BrO4S. The van der Waals surface area contributed by atoms with Crippen LogP contribution in [0.3, 0.4) is 0 Å². The van der Waals surface area contributed by atoms with Crippen LogP contribution in [0, 0.1) is 16.7 Å². The van der Waals surface area contributed by atoms with Gasteiger partial charge in [0.1, 0.15) is 0 Å². The van der Waals surface area contributed by atoms with E-state index in [0.717, 1.165) is 6.42 Å². The van der Waals surface area contributed by atoms with Crippen molar-refractivity contribution in [2.24, 2.45) is 16.7 Å². The molecule has 1 N–H and O–H groups in total. The van der Waals surface area contributed by atoms with Gasteiger partial charge in [0.2, 0.25) is 0 Å². The molecule has 0 radical (unpaired) electrons. The number of halogens is 1. The molecule has 16 heavy (non-hydrogen) atoms. The molecule has 2 aliphatic rings. The molecule has 0 heterocycles. The summed E-state index contributed by atoms with van der Waals surface area (Å²) in [5, 5.41) is 0. The SMILES string of the molecule is CC1(CS(=O)(=O)O)[C@@H]2CC[C@]1(C)C(=O)[C@H]2Br. The van der Waals surface area contributed by atoms with Gasteiger partial charge in [-0.05, 0) is 18.8 Å². The number of fused-ring (bicyclic) bond motifs is 2. The van der Waals surface area contributed by atoms with Gasteiger partial charge in [0.25, 0.3) is 10.1 Å². The van der Waals surface area contributed by atoms with Gasteiger partial charge >= 0.3 is 0 Å². The van der Waals surface area contributed by atoms with Crippen molar-refractivity contribution >= 4 is 31.8 Å². The van der Waals surface area contributed by atoms with Gasteiger partial charge in [-0.25, -0.2) is 0 Å². The molecule has 2 rings (SSSR count). The largest absolute Gasteiger partial charge is 0.298 e. The molecule has 2 saturated carbocycles. The second-order valence-electron chi connectivity index (χ2n) is 5.39. The Labute approximate surface area is 104 Å². The van der Waals surface area contributed by atoms with E-state index < -0.39 is 20.9 Å². The summed E-state index contributed by atoms with van der Waals surface area (Å²) < 4.78 is 31.2. The van der Waals surface area contributed by atoms with Crippen LogP contribution in [0.25, 0.3) is 0 Å². The summed E-state index contributed by atoms with van der Waals surface area (Å²) in [6, 6.07) is 0. The Morgan fingerprint density at radius 1 is 1.50 bits per heavy atom. The average Bonchev–Trinajstić information content (AvgIpc) is 2.40. The van der Waals surface area contributed by atoms with Crippen LogP contribution in [0.1, 0.15) is 26.7 Å². The van der Waals surface area contributed by atoms with Crippen LogP contribution in [0.5, 0.6) is 0 Å². The molecule has 4 atom stereocenters. The number of rotatable bonds is 2. The van der Waals surface area contributed by atoms with E-state index in [1.165, 1.54) is 0 Å². The van der Waals surface area contributed by atoms with E-state index in [-0.39, 0.29) is 22.3 Å². The van der Waals surface area contributed by atoms with Crippen molar-refractivity contribution < 1.29 is 17.8 Å². The van der Waals surface area contributed by atoms with Gasteiger partial charge in [-0.3, -0.25) is 9.35 Å². The number of hydrogen-bond acceptors (Lipinski definition) is 3. The van der Waals surface area contributed by atoms with E-state index in [4.69, 9.17) is 4.55 Å². The third-order valence-electron chi connectivity index (χ3n) is 4.66. The first kappa shape index (κ1) is 12.5. The quantitative estimate of drug-likeness (QED) is 0.622. The minimum Gasteiger partial charge on any atom is -0.298 e. The first-order chi connectivity index (χ1) is 7.12. The van der Waals surface area contributed by atoms with Gasteiger partial charge in [-0.2, -0.15) is 8.42 Å². The van der Waals surface area contributed by atoms with Crippen LogP contribution in [-0.4, -0.2) is 29.3 Å². The molecule has 92 valence electrons. The summed E-state index contributed by atoms with van der Waals surface area (Å²) in [6.45, 7) is 3.62. The smallest absolute Gasteiger partial charge is 0.265 e. The van der Waals surface area contributed by atoms with Gasteiger partial charge < -0.3 is 0 Å². The van der Waals surface area contributed by atoms with E-state index >= 15 is 0 Å². The zero-order valence-electron chi connectivity index (χ0n) is 9.23. The van der Waals surface area contributed by atoms with E-state index in [0.29, 0.717) is 6.42 Å². The topological polar surface area (TPSA) is 71.4 Å². The number of ketones is 1. The Morgan fingerprint density at radius 3 is 2.44 bits per heavy atom. The second-order valence-corrected chi connectivity index (χ2v) is 7.83. The monoisotopic (exact) mass is 310 g/mol. The minimum absolute atomic E-state index is 0.00641. The lowest BCUT2D eigenvalue weighted by Gasteiger charge is -2.35. The third-order valence-corrected chi connectivity index (χ3v) is 6.68. The lowest BCUT2D eigenvalue weighted by atomic mass is 9.70. The fourth-order valence-corrected chi connectivity index (χ4v) is 6.11. The zero-order chi connectivity index (χ0) is 12.4. The molecule has 6 heteroatoms. The van der Waals surface area contributed by atoms with Crippen molar-refractivity contribution in [2.75, 3.05) is 5.75 Å². The molecule has 4 nitrogen and oxygen atoms in total. The second kappa shape index (κ2) is 3.29. The van der Waals surface area contributed by atoms with Crippen molar-refractivity contribution in [1.29, 1.82) is 0 Å². The highest BCUT2D eigenvalue weighted by Gasteiger charge is 2.68. The Morgan fingerprint density at radius 2 is 2.06 bits per heavy atom. The Kier molecular flexibility index (Phi) is 2.58. The molecule has 0 aliphatic heterocycles. The Hall–Kier alpha value is 0.0600. The highest BCUT2D eigenvalue weighted by molar-refractivity contribution is 9.10. The predicted octanol–water partition coefficient (Wildman–Crippen LogP) is 1.64. The first-order valence-corrected chi connectivity index (χ1v) is 7.78. The summed E-state index contributed by atoms with van der Waals surface area (Å²) in [4.78, 5) is 11.8. The highest BCUT2D eigenvalue weighted by Crippen LogP contribution is 2.65. The Bertz CT molecular complexity index is 446. The summed E-state index contributed by atoms with van der Waals surface area (Å²) >= 11 is 3.35. The molecule has 0 aromatic heterocycles. The van der Waals surface area contributed by atoms with Crippen molar-refractivity contribution in [3.63, 3.8) is 0 Å². The highest BCUT2D eigenvalue weighted by atomic mass is 79.9. The van der Waals surface area contributed by atoms with Gasteiger partial charge in [0.15, 0.2) is 5.78 Å². The minimum atomic E-state index is -4.05. The maximum absolute atomic E-state index is 12.1. The standard InChI is InChI=1S/C10H15BrO4S/c1-9-4-3-6(7(11)8(9)12)10(9,2)5-16(13,14)15/h6-7H,3-5H2,1-2H3,(H,13,14,15)/t6-,7+,9-,10?/m1/s1. The number of carbonyl (C=O) groups excluding carboxylic acids is 1. The van der Waals surface area contributed by atoms with Crippen molar-refractivity contribution in [3.05, 3.63) is 0 Å². The van der Waals surface area contributed by atoms with Crippen LogP contribution < -0.4 is 0 Å². The van der Waals surface area contributed by atoms with Gasteiger partial charge in [-0.1, -0.05) is 29.8 Å². The molecule has 0 amide bonds. The summed E-state index contributed by atoms with van der Waals surface area (Å²) in [6.07, 6.45) is 1.55. The zero-order valence-corrected chi connectivity index (χ0v) is 11.6. The van der Waals surface area contributed by atoms with Crippen LogP contribution in [0.2, 0.25) is 0 Å². The molecule has 0 spiro atoms. The average molecular weight is 311 g/mol. The van der Waals surface area contributed by atoms with Crippen LogP contribution in [-0.2, 0) is 14.9 Å². The van der Waals surface area contributed by atoms with Gasteiger partial charge in [0.05, 0.1) is 10.6 Å². The normalized spacial score (nSPS) is 47.6. The van der Waals surface area contributed by atoms with E-state index in [9.17, 15) is 13.2 Å². The van der Waals surface area contributed by atoms with Gasteiger partial charge in [-0.15, -0.1) is 0 Å². The van der Waals surface area contributed by atoms with Gasteiger partial charge in [0, 0.05) is 10.8 Å². The van der Waals surface area contributed by atoms with Crippen molar-refractivity contribution in [2.45, 2.75) is 31.5 Å². The fourth-order valence-electron chi connectivity index (χ4n) is 3.46. The van der Waals surface area contributed by atoms with E-state index in [1.807, 2.05) is 6.92 Å². The number of Topliss-reactive ketones (excluding diaryl/α,β-unsaturated/α-hetero) is 1. The van der Waals surface area contributed by atoms with Crippen LogP contribution >= 0.6 is 15.9 Å². The molecule has 2 bridgehead atoms. The molecule has 0 saturated heterocycles. The van der Waals surface area contributed by atoms with Crippen LogP contribution in [0.15, 0.2) is 0 Å². The fraction of sp³-hybridized carbons (Fsp3) is 0.900. The maximum Gasteiger partial charge on any atom is 0.265 e. The Balaban J connectivity index is 2.47. The number of hydrogen-bond donors (Lipinski definition) is 1. The molecule has 2 aliphatic carbocycles. The molecule has 1 unspecified atom stereocenters. The lowest BCUT2D eigenvalue weighted by molar-refractivity contribution is -0.127. The predicted molar refractivity (Wildman–Crippen MR) is 63.1 cm³/mol. The van der Waals surface area contributed by atoms with E-state index in [1.54, 1.807) is 6.92 Å². The first-order valence-electron chi connectivity index (χ1n) is 5.25. The summed E-state index contributed by atoms with van der Waals surface area (Å²) in [5.74, 6) is -0.239. The van der Waals surface area contributed by atoms with Crippen LogP contribution in [0.4, 0.5) is 0 Å². The molecule has 0 aromatic rings. The van der Waals surface area contributed by atoms with Crippen molar-refractivity contribution in [3.8, 4) is 0 Å². The molecule has 2 fully saturated rings. The summed E-state index contributed by atoms with van der Waals surface area (Å²) in [7, 11) is -4.05. The molecule has 0 aromatic carbocycles. The lowest BCUT2D eigenvalue weighted by Crippen LogP contribution is -2.40. The molecular weight excluding hydrogens is 296 g/mol.